The topological polar surface area (TPSA) is 59.6 Å². The van der Waals surface area contributed by atoms with Gasteiger partial charge in [-0.15, -0.1) is 5.53 Å². The number of carbonyl (C=O) groups excluding carboxylic acids is 1. The molecule has 1 aliphatic rings. The van der Waals surface area contributed by atoms with E-state index in [0.29, 0.717) is 5.70 Å². The normalized spacial score (nSPS) is 15.1. The molecule has 1 fully saturated rings. The molecule has 6 nitrogen and oxygen atoms in total. The van der Waals surface area contributed by atoms with Crippen LogP contribution in [0.4, 0.5) is 0 Å². The first kappa shape index (κ1) is 9.66. The molecule has 74 valence electrons. The second kappa shape index (κ2) is 3.53. The third-order valence-electron chi connectivity index (χ3n) is 1.66. The van der Waals surface area contributed by atoms with Gasteiger partial charge in [0, 0.05) is 28.2 Å². The van der Waals surface area contributed by atoms with E-state index in [0.717, 1.165) is 5.82 Å². The summed E-state index contributed by atoms with van der Waals surface area (Å²) in [5, 5.41) is 0. The van der Waals surface area contributed by atoms with Crippen LogP contribution in [-0.2, 0) is 4.79 Å². The van der Waals surface area contributed by atoms with Crippen molar-refractivity contribution in [1.29, 1.82) is 0 Å². The van der Waals surface area contributed by atoms with Crippen molar-refractivity contribution < 1.29 is 4.79 Å². The molecule has 0 aromatic heterocycles. The lowest BCUT2D eigenvalue weighted by molar-refractivity contribution is -0.116. The highest BCUT2D eigenvalue weighted by molar-refractivity contribution is 5.94. The van der Waals surface area contributed by atoms with Crippen LogP contribution < -0.4 is 16.4 Å². The highest BCUT2D eigenvalue weighted by Gasteiger charge is 2.22. The molecule has 1 saturated heterocycles. The summed E-state index contributed by atoms with van der Waals surface area (Å²) >= 11 is 0. The van der Waals surface area contributed by atoms with Crippen molar-refractivity contribution in [2.75, 3.05) is 28.2 Å². The minimum absolute atomic E-state index is 0.155. The van der Waals surface area contributed by atoms with Gasteiger partial charge in [0.25, 0.3) is 5.91 Å². The van der Waals surface area contributed by atoms with Crippen LogP contribution in [-0.4, -0.2) is 43.9 Å². The van der Waals surface area contributed by atoms with Gasteiger partial charge >= 0.3 is 0 Å². The third-order valence-corrected chi connectivity index (χ3v) is 1.66. The van der Waals surface area contributed by atoms with E-state index >= 15 is 0 Å². The van der Waals surface area contributed by atoms with Crippen LogP contribution in [0.25, 0.3) is 0 Å². The smallest absolute Gasteiger partial charge is 0.288 e. The Balaban J connectivity index is 3.01. The van der Waals surface area contributed by atoms with Crippen molar-refractivity contribution in [3.05, 3.63) is 11.5 Å². The SMILES string of the molecule is CN(C)C(=C1NNNC1=O)N(C)C. The first-order valence-corrected chi connectivity index (χ1v) is 3.94. The molecule has 0 aromatic carbocycles. The highest BCUT2D eigenvalue weighted by Crippen LogP contribution is 2.08. The summed E-state index contributed by atoms with van der Waals surface area (Å²) in [5.74, 6) is 0.667. The van der Waals surface area contributed by atoms with Crippen LogP contribution in [0, 0.1) is 0 Å². The molecule has 0 radical (unpaired) electrons. The molecular formula is C7H15N5O. The fraction of sp³-hybridized carbons (Fsp3) is 0.571. The fourth-order valence-corrected chi connectivity index (χ4v) is 1.27. The molecule has 0 aromatic rings. The van der Waals surface area contributed by atoms with Gasteiger partial charge in [0.05, 0.1) is 0 Å². The number of hydrazine groups is 2. The Morgan fingerprint density at radius 3 is 1.92 bits per heavy atom. The molecule has 0 aliphatic carbocycles. The van der Waals surface area contributed by atoms with E-state index in [2.05, 4.69) is 16.4 Å². The quantitative estimate of drug-likeness (QED) is 0.453. The lowest BCUT2D eigenvalue weighted by Gasteiger charge is -2.25. The molecular weight excluding hydrogens is 170 g/mol. The molecule has 3 N–H and O–H groups in total. The van der Waals surface area contributed by atoms with Crippen molar-refractivity contribution in [2.45, 2.75) is 0 Å². The zero-order valence-electron chi connectivity index (χ0n) is 8.30. The monoisotopic (exact) mass is 185 g/mol. The van der Waals surface area contributed by atoms with Crippen LogP contribution in [0.5, 0.6) is 0 Å². The third kappa shape index (κ3) is 1.83. The second-order valence-electron chi connectivity index (χ2n) is 3.19. The lowest BCUT2D eigenvalue weighted by atomic mass is 10.4. The summed E-state index contributed by atoms with van der Waals surface area (Å²) in [6, 6.07) is 0. The first-order valence-electron chi connectivity index (χ1n) is 3.94. The lowest BCUT2D eigenvalue weighted by Crippen LogP contribution is -2.32. The summed E-state index contributed by atoms with van der Waals surface area (Å²) in [4.78, 5) is 15.0. The number of nitrogens with zero attached hydrogens (tertiary/aromatic N) is 2. The maximum absolute atomic E-state index is 11.3. The number of carbonyl (C=O) groups is 1. The van der Waals surface area contributed by atoms with E-state index in [1.807, 2.05) is 38.0 Å². The molecule has 0 unspecified atom stereocenters. The molecule has 6 heteroatoms. The average Bonchev–Trinajstić information content (AvgIpc) is 2.35. The van der Waals surface area contributed by atoms with Crippen molar-refractivity contribution in [2.24, 2.45) is 0 Å². The number of rotatable bonds is 2. The Bertz CT molecular complexity index is 235. The summed E-state index contributed by atoms with van der Waals surface area (Å²) in [5.41, 5.74) is 8.28. The average molecular weight is 185 g/mol. The minimum Gasteiger partial charge on any atom is -0.362 e. The van der Waals surface area contributed by atoms with Gasteiger partial charge in [0.1, 0.15) is 5.82 Å². The van der Waals surface area contributed by atoms with Gasteiger partial charge in [0.2, 0.25) is 0 Å². The molecule has 0 spiro atoms. The van der Waals surface area contributed by atoms with Crippen molar-refractivity contribution in [3.63, 3.8) is 0 Å². The van der Waals surface area contributed by atoms with Gasteiger partial charge in [-0.3, -0.25) is 15.6 Å². The largest absolute Gasteiger partial charge is 0.362 e. The van der Waals surface area contributed by atoms with Crippen molar-refractivity contribution >= 4 is 5.91 Å². The maximum Gasteiger partial charge on any atom is 0.288 e. The number of nitrogens with one attached hydrogen (secondary N) is 3. The molecule has 0 bridgehead atoms. The summed E-state index contributed by atoms with van der Waals surface area (Å²) in [6.45, 7) is 0. The minimum atomic E-state index is -0.155. The Kier molecular flexibility index (Phi) is 2.62. The Labute approximate surface area is 77.5 Å². The maximum atomic E-state index is 11.3. The van der Waals surface area contributed by atoms with Gasteiger partial charge in [-0.25, -0.2) is 0 Å². The summed E-state index contributed by atoms with van der Waals surface area (Å²) < 4.78 is 0. The van der Waals surface area contributed by atoms with E-state index < -0.39 is 0 Å². The van der Waals surface area contributed by atoms with E-state index in [1.54, 1.807) is 0 Å². The fourth-order valence-electron chi connectivity index (χ4n) is 1.27. The standard InChI is InChI=1S/C7H15N5O/c1-11(2)7(12(3)4)5-6(13)9-10-8-5/h8,10H,1-4H3,(H,9,13). The van der Waals surface area contributed by atoms with E-state index in [-0.39, 0.29) is 5.91 Å². The van der Waals surface area contributed by atoms with E-state index in [9.17, 15) is 4.79 Å². The first-order chi connectivity index (χ1) is 6.04. The molecule has 1 heterocycles. The predicted molar refractivity (Wildman–Crippen MR) is 48.8 cm³/mol. The zero-order chi connectivity index (χ0) is 10.0. The Hall–Kier alpha value is -1.43. The molecule has 1 rings (SSSR count). The van der Waals surface area contributed by atoms with E-state index in [4.69, 9.17) is 0 Å². The summed E-state index contributed by atoms with van der Waals surface area (Å²) in [7, 11) is 7.54. The van der Waals surface area contributed by atoms with Gasteiger partial charge < -0.3 is 9.80 Å². The van der Waals surface area contributed by atoms with Gasteiger partial charge in [-0.05, 0) is 0 Å². The number of amides is 1. The molecule has 1 amide bonds. The zero-order valence-corrected chi connectivity index (χ0v) is 8.30. The Morgan fingerprint density at radius 1 is 1.08 bits per heavy atom. The highest BCUT2D eigenvalue weighted by atomic mass is 16.2. The van der Waals surface area contributed by atoms with E-state index in [1.165, 1.54) is 0 Å². The molecule has 13 heavy (non-hydrogen) atoms. The second-order valence-corrected chi connectivity index (χ2v) is 3.19. The van der Waals surface area contributed by atoms with Crippen molar-refractivity contribution in [3.8, 4) is 0 Å². The molecule has 1 aliphatic heterocycles. The van der Waals surface area contributed by atoms with Crippen LogP contribution >= 0.6 is 0 Å². The van der Waals surface area contributed by atoms with Crippen LogP contribution in [0.1, 0.15) is 0 Å². The predicted octanol–water partition coefficient (Wildman–Crippen LogP) is -1.58. The van der Waals surface area contributed by atoms with Crippen LogP contribution in [0.2, 0.25) is 0 Å². The Morgan fingerprint density at radius 2 is 1.62 bits per heavy atom. The van der Waals surface area contributed by atoms with Gasteiger partial charge in [-0.2, -0.15) is 0 Å². The van der Waals surface area contributed by atoms with Gasteiger partial charge in [0.15, 0.2) is 5.70 Å². The van der Waals surface area contributed by atoms with Gasteiger partial charge in [-0.1, -0.05) is 0 Å². The molecule has 0 atom stereocenters. The van der Waals surface area contributed by atoms with Crippen LogP contribution in [0.15, 0.2) is 11.5 Å². The number of hydrogen-bond acceptors (Lipinski definition) is 5. The summed E-state index contributed by atoms with van der Waals surface area (Å²) in [6.07, 6.45) is 0. The number of hydrogen-bond donors (Lipinski definition) is 3. The van der Waals surface area contributed by atoms with Crippen LogP contribution in [0.3, 0.4) is 0 Å². The molecule has 0 saturated carbocycles. The van der Waals surface area contributed by atoms with Crippen molar-refractivity contribution in [1.82, 2.24) is 26.2 Å².